The fourth-order valence-electron chi connectivity index (χ4n) is 3.47. The van der Waals surface area contributed by atoms with E-state index < -0.39 is 70.0 Å². The van der Waals surface area contributed by atoms with E-state index in [1.165, 1.54) is 36.4 Å². The second-order valence-corrected chi connectivity index (χ2v) is 8.44. The lowest BCUT2D eigenvalue weighted by Gasteiger charge is -2.26. The molecule has 1 heterocycles. The van der Waals surface area contributed by atoms with E-state index in [-0.39, 0.29) is 5.69 Å². The van der Waals surface area contributed by atoms with Crippen LogP contribution in [0.15, 0.2) is 48.5 Å². The number of anilines is 3. The van der Waals surface area contributed by atoms with Crippen molar-refractivity contribution < 1.29 is 35.9 Å². The van der Waals surface area contributed by atoms with Crippen LogP contribution in [0.5, 0.6) is 0 Å². The van der Waals surface area contributed by atoms with Gasteiger partial charge in [0, 0.05) is 10.7 Å². The Balaban J connectivity index is 1.70. The average molecular weight is 559 g/mol. The second kappa shape index (κ2) is 10.3. The summed E-state index contributed by atoms with van der Waals surface area (Å²) >= 11 is 11.0. The van der Waals surface area contributed by atoms with Crippen LogP contribution in [-0.2, 0) is 9.59 Å². The molecule has 1 fully saturated rings. The third kappa shape index (κ3) is 5.04. The first-order valence-corrected chi connectivity index (χ1v) is 11.0. The first kappa shape index (κ1) is 26.2. The zero-order valence-corrected chi connectivity index (χ0v) is 19.7. The number of hydrogen-bond donors (Lipinski definition) is 2. The van der Waals surface area contributed by atoms with Gasteiger partial charge in [0.2, 0.25) is 16.8 Å². The Kier molecular flexibility index (Phi) is 7.28. The summed E-state index contributed by atoms with van der Waals surface area (Å²) in [5.41, 5.74) is 0.807. The van der Waals surface area contributed by atoms with Crippen molar-refractivity contribution in [2.75, 3.05) is 15.6 Å². The Morgan fingerprint density at radius 3 is 1.97 bits per heavy atom. The molecule has 2 amide bonds. The Labute approximate surface area is 215 Å². The van der Waals surface area contributed by atoms with E-state index in [9.17, 15) is 35.9 Å². The van der Waals surface area contributed by atoms with Gasteiger partial charge in [-0.3, -0.25) is 19.9 Å². The highest BCUT2D eigenvalue weighted by Crippen LogP contribution is 2.32. The molecular weight excluding hydrogens is 546 g/mol. The van der Waals surface area contributed by atoms with Gasteiger partial charge >= 0.3 is 0 Å². The lowest BCUT2D eigenvalue weighted by atomic mass is 10.1. The molecule has 6 nitrogen and oxygen atoms in total. The van der Waals surface area contributed by atoms with Crippen molar-refractivity contribution in [1.82, 2.24) is 5.01 Å². The van der Waals surface area contributed by atoms with Crippen molar-refractivity contribution in [1.29, 1.82) is 0 Å². The summed E-state index contributed by atoms with van der Waals surface area (Å²) in [5.74, 6) is -13.6. The maximum atomic E-state index is 14.4. The van der Waals surface area contributed by atoms with E-state index in [0.29, 0.717) is 15.7 Å². The lowest BCUT2D eigenvalue weighted by molar-refractivity contribution is -0.124. The lowest BCUT2D eigenvalue weighted by Crippen LogP contribution is -2.42. The Morgan fingerprint density at radius 2 is 1.41 bits per heavy atom. The molecule has 0 spiro atoms. The zero-order valence-electron chi connectivity index (χ0n) is 18.2. The quantitative estimate of drug-likeness (QED) is 0.180. The van der Waals surface area contributed by atoms with Crippen LogP contribution >= 0.6 is 23.8 Å². The summed E-state index contributed by atoms with van der Waals surface area (Å²) in [5, 5.41) is 3.01. The van der Waals surface area contributed by atoms with Crippen LogP contribution in [0, 0.1) is 34.9 Å². The number of carbonyl (C=O) groups is 2. The van der Waals surface area contributed by atoms with Crippen LogP contribution in [0.4, 0.5) is 43.4 Å². The number of carbonyl (C=O) groups excluding carboxylic acids is 2. The highest BCUT2D eigenvalue weighted by atomic mass is 35.5. The summed E-state index contributed by atoms with van der Waals surface area (Å²) in [6.45, 7) is 0. The molecule has 3 aromatic rings. The summed E-state index contributed by atoms with van der Waals surface area (Å²) < 4.78 is 83.2. The van der Waals surface area contributed by atoms with E-state index in [4.69, 9.17) is 23.8 Å². The molecule has 0 aliphatic carbocycles. The number of nitrogens with one attached hydrogen (secondary N) is 2. The molecule has 0 aromatic heterocycles. The van der Waals surface area contributed by atoms with Gasteiger partial charge in [-0.15, -0.1) is 0 Å². The number of thiocarbonyl (C=S) groups is 1. The molecule has 0 saturated carbocycles. The van der Waals surface area contributed by atoms with E-state index in [1.54, 1.807) is 0 Å². The normalized spacial score (nSPS) is 15.4. The van der Waals surface area contributed by atoms with Crippen molar-refractivity contribution in [3.05, 3.63) is 88.5 Å². The molecule has 14 heteroatoms. The van der Waals surface area contributed by atoms with Gasteiger partial charge < -0.3 is 5.32 Å². The van der Waals surface area contributed by atoms with E-state index in [1.807, 2.05) is 5.43 Å². The van der Waals surface area contributed by atoms with Crippen LogP contribution in [-0.4, -0.2) is 28.0 Å². The first-order valence-electron chi connectivity index (χ1n) is 10.3. The largest absolute Gasteiger partial charge is 0.326 e. The van der Waals surface area contributed by atoms with E-state index >= 15 is 0 Å². The van der Waals surface area contributed by atoms with Gasteiger partial charge in [-0.1, -0.05) is 11.6 Å². The molecule has 1 saturated heterocycles. The molecule has 0 bridgehead atoms. The number of rotatable bonds is 6. The van der Waals surface area contributed by atoms with Gasteiger partial charge in [-0.25, -0.2) is 31.4 Å². The molecule has 1 aliphatic heterocycles. The fraction of sp³-hybridized carbons (Fsp3) is 0.0870. The van der Waals surface area contributed by atoms with Crippen LogP contribution in [0.3, 0.4) is 0 Å². The van der Waals surface area contributed by atoms with Crippen molar-refractivity contribution in [3.8, 4) is 0 Å². The molecule has 1 aliphatic rings. The number of nitrogens with zero attached hydrogens (tertiary/aromatic N) is 2. The molecule has 3 aromatic carbocycles. The highest BCUT2D eigenvalue weighted by Gasteiger charge is 2.45. The first-order chi connectivity index (χ1) is 17.5. The van der Waals surface area contributed by atoms with Crippen LogP contribution in [0.1, 0.15) is 6.42 Å². The second-order valence-electron chi connectivity index (χ2n) is 7.63. The van der Waals surface area contributed by atoms with E-state index in [0.717, 1.165) is 17.0 Å². The Hall–Kier alpha value is -3.84. The monoisotopic (exact) mass is 558 g/mol. The Morgan fingerprint density at radius 1 is 0.865 bits per heavy atom. The molecule has 0 radical (unpaired) electrons. The summed E-state index contributed by atoms with van der Waals surface area (Å²) in [4.78, 5) is 26.8. The minimum absolute atomic E-state index is 0.0289. The predicted molar refractivity (Wildman–Crippen MR) is 127 cm³/mol. The summed E-state index contributed by atoms with van der Waals surface area (Å²) in [6, 6.07) is 8.67. The predicted octanol–water partition coefficient (Wildman–Crippen LogP) is 5.53. The SMILES string of the molecule is O=C(C[C@H]1C(=O)N(c2ccc(F)cc2)C(=S)N1Nc1c(F)c(F)c(F)c(F)c1F)Nc1ccc(Cl)cc1. The van der Waals surface area contributed by atoms with Gasteiger partial charge in [-0.2, -0.15) is 0 Å². The van der Waals surface area contributed by atoms with Crippen molar-refractivity contribution in [2.45, 2.75) is 12.5 Å². The molecule has 1 atom stereocenters. The van der Waals surface area contributed by atoms with Crippen LogP contribution in [0.25, 0.3) is 0 Å². The topological polar surface area (TPSA) is 64.7 Å². The van der Waals surface area contributed by atoms with Gasteiger partial charge in [-0.05, 0) is 60.7 Å². The van der Waals surface area contributed by atoms with Gasteiger partial charge in [0.05, 0.1) is 12.1 Å². The molecule has 0 unspecified atom stereocenters. The van der Waals surface area contributed by atoms with Gasteiger partial charge in [0.15, 0.2) is 23.3 Å². The number of hydrogen-bond acceptors (Lipinski definition) is 4. The smallest absolute Gasteiger partial charge is 0.258 e. The highest BCUT2D eigenvalue weighted by molar-refractivity contribution is 7.80. The van der Waals surface area contributed by atoms with Crippen molar-refractivity contribution >= 4 is 57.8 Å². The van der Waals surface area contributed by atoms with E-state index in [2.05, 4.69) is 5.32 Å². The van der Waals surface area contributed by atoms with Crippen LogP contribution < -0.4 is 15.6 Å². The van der Waals surface area contributed by atoms with Crippen LogP contribution in [0.2, 0.25) is 5.02 Å². The fourth-order valence-corrected chi connectivity index (χ4v) is 3.97. The molecule has 192 valence electrons. The number of benzene rings is 3. The number of hydrazine groups is 1. The zero-order chi connectivity index (χ0) is 27.0. The van der Waals surface area contributed by atoms with Gasteiger partial charge in [0.1, 0.15) is 17.5 Å². The Bertz CT molecular complexity index is 1380. The number of halogens is 7. The molecule has 37 heavy (non-hydrogen) atoms. The third-order valence-electron chi connectivity index (χ3n) is 5.25. The minimum atomic E-state index is -2.38. The molecule has 2 N–H and O–H groups in total. The third-order valence-corrected chi connectivity index (χ3v) is 5.88. The average Bonchev–Trinajstić information content (AvgIpc) is 3.09. The molecular formula is C23H13ClF6N4O2S. The van der Waals surface area contributed by atoms with Crippen molar-refractivity contribution in [3.63, 3.8) is 0 Å². The summed E-state index contributed by atoms with van der Waals surface area (Å²) in [7, 11) is 0. The summed E-state index contributed by atoms with van der Waals surface area (Å²) in [6.07, 6.45) is -0.665. The molecule has 4 rings (SSSR count). The van der Waals surface area contributed by atoms with Gasteiger partial charge in [0.25, 0.3) is 5.91 Å². The maximum Gasteiger partial charge on any atom is 0.258 e. The standard InChI is InChI=1S/C23H13ClF6N4O2S/c24-10-1-5-12(6-2-10)31-15(35)9-14-22(36)33(13-7-3-11(25)4-8-13)23(37)34(14)32-21-19(29)17(27)16(26)18(28)20(21)30/h1-8,14,32H,9H2,(H,31,35)/t14-/m0/s1. The van der Waals surface area contributed by atoms with Crippen molar-refractivity contribution in [2.24, 2.45) is 0 Å². The maximum absolute atomic E-state index is 14.4. The number of amides is 2. The minimum Gasteiger partial charge on any atom is -0.326 e.